The maximum atomic E-state index is 11.9. The average Bonchev–Trinajstić information content (AvgIpc) is 2.17. The molecule has 1 saturated carbocycles. The zero-order valence-corrected chi connectivity index (χ0v) is 10.7. The van der Waals surface area contributed by atoms with E-state index in [2.05, 4.69) is 22.9 Å². The third kappa shape index (κ3) is 3.60. The molecule has 0 aromatic rings. The van der Waals surface area contributed by atoms with Gasteiger partial charge in [-0.3, -0.25) is 4.79 Å². The molecule has 3 heteroatoms. The Hall–Kier alpha value is -0.0500. The molecule has 0 N–H and O–H groups in total. The lowest BCUT2D eigenvalue weighted by atomic mass is 9.88. The highest BCUT2D eigenvalue weighted by molar-refractivity contribution is 9.09. The first kappa shape index (κ1) is 12.0. The van der Waals surface area contributed by atoms with Gasteiger partial charge in [-0.2, -0.15) is 0 Å². The van der Waals surface area contributed by atoms with Gasteiger partial charge in [0.2, 0.25) is 5.91 Å². The number of halogens is 1. The van der Waals surface area contributed by atoms with Gasteiger partial charge in [0.1, 0.15) is 0 Å². The predicted octanol–water partition coefficient (Wildman–Crippen LogP) is 2.81. The van der Waals surface area contributed by atoms with Gasteiger partial charge >= 0.3 is 0 Å². The summed E-state index contributed by atoms with van der Waals surface area (Å²) in [6.45, 7) is 2.89. The van der Waals surface area contributed by atoms with Crippen molar-refractivity contribution in [2.75, 3.05) is 13.6 Å². The fourth-order valence-corrected chi connectivity index (χ4v) is 2.56. The van der Waals surface area contributed by atoms with Crippen molar-refractivity contribution in [3.63, 3.8) is 0 Å². The van der Waals surface area contributed by atoms with E-state index in [9.17, 15) is 4.79 Å². The fraction of sp³-hybridized carbons (Fsp3) is 0.909. The van der Waals surface area contributed by atoms with Crippen LogP contribution in [0, 0.1) is 5.92 Å². The van der Waals surface area contributed by atoms with E-state index in [1.54, 1.807) is 0 Å². The maximum Gasteiger partial charge on any atom is 0.225 e. The largest absolute Gasteiger partial charge is 0.344 e. The van der Waals surface area contributed by atoms with Crippen molar-refractivity contribution in [2.45, 2.75) is 43.9 Å². The summed E-state index contributed by atoms with van der Waals surface area (Å²) in [5.74, 6) is 0.649. The molecule has 0 radical (unpaired) electrons. The Morgan fingerprint density at radius 1 is 1.43 bits per heavy atom. The lowest BCUT2D eigenvalue weighted by Gasteiger charge is -2.27. The van der Waals surface area contributed by atoms with Gasteiger partial charge in [0.25, 0.3) is 0 Å². The lowest BCUT2D eigenvalue weighted by Crippen LogP contribution is -2.36. The van der Waals surface area contributed by atoms with Gasteiger partial charge in [-0.15, -0.1) is 0 Å². The Kier molecular flexibility index (Phi) is 4.93. The lowest BCUT2D eigenvalue weighted by molar-refractivity contribution is -0.135. The summed E-state index contributed by atoms with van der Waals surface area (Å²) in [6.07, 6.45) is 5.96. The van der Waals surface area contributed by atoms with Crippen LogP contribution in [0.3, 0.4) is 0 Å². The van der Waals surface area contributed by atoms with Gasteiger partial charge < -0.3 is 4.90 Å². The molecule has 1 atom stereocenters. The van der Waals surface area contributed by atoms with E-state index in [4.69, 9.17) is 0 Å². The summed E-state index contributed by atoms with van der Waals surface area (Å²) in [6, 6.07) is 0. The number of carbonyl (C=O) groups is 1. The van der Waals surface area contributed by atoms with E-state index in [1.807, 2.05) is 11.9 Å². The van der Waals surface area contributed by atoms with Gasteiger partial charge in [-0.25, -0.2) is 0 Å². The van der Waals surface area contributed by atoms with Crippen molar-refractivity contribution < 1.29 is 4.79 Å². The molecule has 1 rings (SSSR count). The van der Waals surface area contributed by atoms with E-state index in [0.29, 0.717) is 16.7 Å². The number of nitrogens with zero attached hydrogens (tertiary/aromatic N) is 1. The van der Waals surface area contributed by atoms with E-state index < -0.39 is 0 Å². The average molecular weight is 262 g/mol. The van der Waals surface area contributed by atoms with Gasteiger partial charge in [-0.1, -0.05) is 42.1 Å². The summed E-state index contributed by atoms with van der Waals surface area (Å²) < 4.78 is 0. The van der Waals surface area contributed by atoms with Crippen molar-refractivity contribution in [3.8, 4) is 0 Å². The number of carbonyl (C=O) groups excluding carboxylic acids is 1. The third-order valence-electron chi connectivity index (χ3n) is 2.86. The van der Waals surface area contributed by atoms with Crippen molar-refractivity contribution >= 4 is 21.8 Å². The van der Waals surface area contributed by atoms with Gasteiger partial charge in [0.15, 0.2) is 0 Å². The summed E-state index contributed by atoms with van der Waals surface area (Å²) in [5.41, 5.74) is 0. The van der Waals surface area contributed by atoms with Crippen LogP contribution in [-0.2, 0) is 4.79 Å². The smallest absolute Gasteiger partial charge is 0.225 e. The van der Waals surface area contributed by atoms with Crippen molar-refractivity contribution in [2.24, 2.45) is 5.92 Å². The second-order valence-electron chi connectivity index (χ2n) is 4.33. The van der Waals surface area contributed by atoms with Crippen LogP contribution in [0.25, 0.3) is 0 Å². The first-order valence-corrected chi connectivity index (χ1v) is 6.42. The highest BCUT2D eigenvalue weighted by atomic mass is 79.9. The Labute approximate surface area is 95.2 Å². The molecule has 1 fully saturated rings. The van der Waals surface area contributed by atoms with E-state index >= 15 is 0 Å². The Morgan fingerprint density at radius 2 is 2.00 bits per heavy atom. The summed E-state index contributed by atoms with van der Waals surface area (Å²) in [7, 11) is 1.91. The van der Waals surface area contributed by atoms with Crippen LogP contribution in [0.4, 0.5) is 0 Å². The number of hydrogen-bond donors (Lipinski definition) is 0. The Morgan fingerprint density at radius 3 is 2.50 bits per heavy atom. The monoisotopic (exact) mass is 261 g/mol. The highest BCUT2D eigenvalue weighted by Crippen LogP contribution is 2.25. The zero-order chi connectivity index (χ0) is 10.6. The molecule has 1 aliphatic rings. The first-order chi connectivity index (χ1) is 6.61. The number of amides is 1. The van der Waals surface area contributed by atoms with E-state index in [1.165, 1.54) is 19.3 Å². The van der Waals surface area contributed by atoms with E-state index in [-0.39, 0.29) is 0 Å². The van der Waals surface area contributed by atoms with Crippen molar-refractivity contribution in [1.82, 2.24) is 4.90 Å². The summed E-state index contributed by atoms with van der Waals surface area (Å²) in [4.78, 5) is 14.2. The van der Waals surface area contributed by atoms with Crippen molar-refractivity contribution in [3.05, 3.63) is 0 Å². The van der Waals surface area contributed by atoms with Gasteiger partial charge in [0.05, 0.1) is 0 Å². The van der Waals surface area contributed by atoms with Crippen LogP contribution >= 0.6 is 15.9 Å². The quantitative estimate of drug-likeness (QED) is 0.716. The van der Waals surface area contributed by atoms with Crippen LogP contribution in [0.5, 0.6) is 0 Å². The molecule has 82 valence electrons. The molecule has 0 aliphatic heterocycles. The number of rotatable bonds is 3. The minimum absolute atomic E-state index is 0.306. The molecule has 0 saturated heterocycles. The highest BCUT2D eigenvalue weighted by Gasteiger charge is 2.24. The van der Waals surface area contributed by atoms with Crippen molar-refractivity contribution in [1.29, 1.82) is 0 Å². The second-order valence-corrected chi connectivity index (χ2v) is 5.90. The number of hydrogen-bond acceptors (Lipinski definition) is 1. The normalized spacial score (nSPS) is 20.5. The Bertz CT molecular complexity index is 188. The molecular weight excluding hydrogens is 242 g/mol. The van der Waals surface area contributed by atoms with Crippen LogP contribution < -0.4 is 0 Å². The van der Waals surface area contributed by atoms with Crippen LogP contribution in [0.15, 0.2) is 0 Å². The molecule has 0 aromatic heterocycles. The fourth-order valence-electron chi connectivity index (χ4n) is 2.13. The maximum absolute atomic E-state index is 11.9. The molecule has 14 heavy (non-hydrogen) atoms. The zero-order valence-electron chi connectivity index (χ0n) is 9.13. The van der Waals surface area contributed by atoms with Gasteiger partial charge in [-0.05, 0) is 12.8 Å². The van der Waals surface area contributed by atoms with Gasteiger partial charge in [0, 0.05) is 24.3 Å². The number of alkyl halides is 1. The third-order valence-corrected chi connectivity index (χ3v) is 3.15. The predicted molar refractivity (Wildman–Crippen MR) is 62.6 cm³/mol. The standard InChI is InChI=1S/C11H20BrNO/c1-9(12)8-13(2)11(14)10-6-4-3-5-7-10/h9-10H,3-8H2,1-2H3. The molecule has 1 amide bonds. The van der Waals surface area contributed by atoms with Crippen LogP contribution in [0.2, 0.25) is 0 Å². The minimum atomic E-state index is 0.306. The van der Waals surface area contributed by atoms with Crippen LogP contribution in [0.1, 0.15) is 39.0 Å². The summed E-state index contributed by atoms with van der Waals surface area (Å²) in [5, 5.41) is 0. The van der Waals surface area contributed by atoms with E-state index in [0.717, 1.165) is 19.4 Å². The molecular formula is C11H20BrNO. The first-order valence-electron chi connectivity index (χ1n) is 5.50. The molecule has 0 bridgehead atoms. The second kappa shape index (κ2) is 5.74. The molecule has 0 aromatic carbocycles. The Balaban J connectivity index is 2.38. The molecule has 1 unspecified atom stereocenters. The molecule has 2 nitrogen and oxygen atoms in total. The summed E-state index contributed by atoms with van der Waals surface area (Å²) >= 11 is 3.47. The molecule has 1 aliphatic carbocycles. The topological polar surface area (TPSA) is 20.3 Å². The SMILES string of the molecule is CC(Br)CN(C)C(=O)C1CCCCC1. The van der Waals surface area contributed by atoms with Crippen LogP contribution in [-0.4, -0.2) is 29.2 Å². The molecule has 0 heterocycles. The minimum Gasteiger partial charge on any atom is -0.344 e. The molecule has 0 spiro atoms.